The number of ketones is 1. The zero-order valence-electron chi connectivity index (χ0n) is 10.8. The van der Waals surface area contributed by atoms with E-state index in [2.05, 4.69) is 0 Å². The van der Waals surface area contributed by atoms with Gasteiger partial charge in [0.25, 0.3) is 5.69 Å². The van der Waals surface area contributed by atoms with Crippen molar-refractivity contribution in [3.8, 4) is 0 Å². The summed E-state index contributed by atoms with van der Waals surface area (Å²) < 4.78 is 0. The van der Waals surface area contributed by atoms with Crippen LogP contribution in [0, 0.1) is 10.1 Å². The smallest absolute Gasteiger partial charge is 0.270 e. The van der Waals surface area contributed by atoms with Gasteiger partial charge in [-0.15, -0.1) is 34.0 Å². The van der Waals surface area contributed by atoms with Crippen LogP contribution < -0.4 is 0 Å². The Balaban J connectivity index is 0.00000200. The molecule has 0 aliphatic carbocycles. The maximum atomic E-state index is 11.8. The highest BCUT2D eigenvalue weighted by Crippen LogP contribution is 2.14. The Morgan fingerprint density at radius 3 is 2.29 bits per heavy atom. The number of rotatable bonds is 4. The van der Waals surface area contributed by atoms with E-state index >= 15 is 0 Å². The molecule has 0 heterocycles. The van der Waals surface area contributed by atoms with Gasteiger partial charge in [0.2, 0.25) is 0 Å². The van der Waals surface area contributed by atoms with Crippen molar-refractivity contribution in [3.05, 3.63) is 81.9 Å². The first kappa shape index (κ1) is 19.2. The molecule has 0 spiro atoms. The van der Waals surface area contributed by atoms with E-state index in [-0.39, 0.29) is 45.4 Å². The number of hydrogen-bond acceptors (Lipinski definition) is 3. The molecule has 0 saturated carbocycles. The molecule has 110 valence electrons. The lowest BCUT2D eigenvalue weighted by Crippen LogP contribution is -1.93. The van der Waals surface area contributed by atoms with Crippen LogP contribution >= 0.6 is 34.0 Å². The SMILES string of the molecule is Br.Br.O=C(C=Cc1cccc([N+](=O)[O-])c1)c1ccccc1. The first-order valence-corrected chi connectivity index (χ1v) is 5.69. The summed E-state index contributed by atoms with van der Waals surface area (Å²) in [5.41, 5.74) is 1.22. The second-order valence-corrected chi connectivity index (χ2v) is 3.92. The van der Waals surface area contributed by atoms with E-state index in [4.69, 9.17) is 0 Å². The fourth-order valence-electron chi connectivity index (χ4n) is 1.61. The lowest BCUT2D eigenvalue weighted by molar-refractivity contribution is -0.384. The lowest BCUT2D eigenvalue weighted by atomic mass is 10.1. The lowest BCUT2D eigenvalue weighted by Gasteiger charge is -1.95. The third kappa shape index (κ3) is 5.61. The van der Waals surface area contributed by atoms with Crippen LogP contribution in [0.15, 0.2) is 60.7 Å². The molecular formula is C15H13Br2NO3. The van der Waals surface area contributed by atoms with Crippen LogP contribution in [0.5, 0.6) is 0 Å². The molecule has 0 fully saturated rings. The van der Waals surface area contributed by atoms with Gasteiger partial charge in [0.15, 0.2) is 5.78 Å². The molecule has 0 aliphatic heterocycles. The second kappa shape index (κ2) is 9.20. The van der Waals surface area contributed by atoms with Crippen LogP contribution in [-0.2, 0) is 0 Å². The van der Waals surface area contributed by atoms with Gasteiger partial charge in [-0.3, -0.25) is 14.9 Å². The van der Waals surface area contributed by atoms with Crippen LogP contribution in [0.4, 0.5) is 5.69 Å². The van der Waals surface area contributed by atoms with Gasteiger partial charge in [0.1, 0.15) is 0 Å². The Morgan fingerprint density at radius 1 is 1.00 bits per heavy atom. The Labute approximate surface area is 143 Å². The monoisotopic (exact) mass is 413 g/mol. The zero-order valence-corrected chi connectivity index (χ0v) is 14.3. The molecule has 0 aliphatic rings. The van der Waals surface area contributed by atoms with Crippen molar-refractivity contribution in [3.63, 3.8) is 0 Å². The second-order valence-electron chi connectivity index (χ2n) is 3.92. The van der Waals surface area contributed by atoms with Gasteiger partial charge in [-0.25, -0.2) is 0 Å². The number of carbonyl (C=O) groups is 1. The van der Waals surface area contributed by atoms with Crippen LogP contribution in [-0.4, -0.2) is 10.7 Å². The van der Waals surface area contributed by atoms with Crippen molar-refractivity contribution >= 4 is 51.5 Å². The Morgan fingerprint density at radius 2 is 1.67 bits per heavy atom. The van der Waals surface area contributed by atoms with Crippen LogP contribution in [0.1, 0.15) is 15.9 Å². The van der Waals surface area contributed by atoms with Crippen molar-refractivity contribution in [1.82, 2.24) is 0 Å². The van der Waals surface area contributed by atoms with Gasteiger partial charge in [-0.05, 0) is 11.6 Å². The van der Waals surface area contributed by atoms with Crippen LogP contribution in [0.3, 0.4) is 0 Å². The van der Waals surface area contributed by atoms with E-state index in [1.54, 1.807) is 42.5 Å². The molecular weight excluding hydrogens is 402 g/mol. The summed E-state index contributed by atoms with van der Waals surface area (Å²) in [5, 5.41) is 10.6. The average Bonchev–Trinajstić information content (AvgIpc) is 2.46. The molecule has 2 aromatic rings. The number of non-ortho nitro benzene ring substituents is 1. The Hall–Kier alpha value is -1.79. The predicted molar refractivity (Wildman–Crippen MR) is 93.5 cm³/mol. The number of nitro groups is 1. The van der Waals surface area contributed by atoms with Gasteiger partial charge in [-0.2, -0.15) is 0 Å². The van der Waals surface area contributed by atoms with E-state index in [1.807, 2.05) is 6.07 Å². The summed E-state index contributed by atoms with van der Waals surface area (Å²) in [6.07, 6.45) is 2.98. The Bertz CT molecular complexity index is 642. The average molecular weight is 415 g/mol. The van der Waals surface area contributed by atoms with Crippen molar-refractivity contribution in [2.45, 2.75) is 0 Å². The van der Waals surface area contributed by atoms with Crippen molar-refractivity contribution < 1.29 is 9.72 Å². The summed E-state index contributed by atoms with van der Waals surface area (Å²) in [5.74, 6) is -0.132. The molecule has 0 bridgehead atoms. The number of nitro benzene ring substituents is 1. The third-order valence-corrected chi connectivity index (χ3v) is 2.57. The predicted octanol–water partition coefficient (Wildman–Crippen LogP) is 4.65. The molecule has 0 N–H and O–H groups in total. The molecule has 0 aromatic heterocycles. The van der Waals surface area contributed by atoms with E-state index in [0.29, 0.717) is 11.1 Å². The summed E-state index contributed by atoms with van der Waals surface area (Å²) in [6, 6.07) is 15.0. The minimum absolute atomic E-state index is 0. The number of benzene rings is 2. The fraction of sp³-hybridized carbons (Fsp3) is 0. The molecule has 0 unspecified atom stereocenters. The van der Waals surface area contributed by atoms with Crippen molar-refractivity contribution in [2.24, 2.45) is 0 Å². The minimum Gasteiger partial charge on any atom is -0.289 e. The van der Waals surface area contributed by atoms with E-state index in [9.17, 15) is 14.9 Å². The highest BCUT2D eigenvalue weighted by atomic mass is 79.9. The highest BCUT2D eigenvalue weighted by molar-refractivity contribution is 8.93. The Kier molecular flexibility index (Phi) is 8.42. The number of halogens is 2. The molecule has 0 radical (unpaired) electrons. The maximum Gasteiger partial charge on any atom is 0.270 e. The van der Waals surface area contributed by atoms with E-state index < -0.39 is 4.92 Å². The number of carbonyl (C=O) groups excluding carboxylic acids is 1. The standard InChI is InChI=1S/C15H11NO3.2BrH/c17-15(13-6-2-1-3-7-13)10-9-12-5-4-8-14(11-12)16(18)19;;/h1-11H;2*1H. The van der Waals surface area contributed by atoms with Gasteiger partial charge in [-0.1, -0.05) is 48.5 Å². The van der Waals surface area contributed by atoms with Gasteiger partial charge in [0, 0.05) is 17.7 Å². The number of nitrogens with zero attached hydrogens (tertiary/aromatic N) is 1. The summed E-state index contributed by atoms with van der Waals surface area (Å²) in [4.78, 5) is 22.0. The summed E-state index contributed by atoms with van der Waals surface area (Å²) >= 11 is 0. The first-order chi connectivity index (χ1) is 9.16. The quantitative estimate of drug-likeness (QED) is 0.316. The van der Waals surface area contributed by atoms with Gasteiger partial charge in [0.05, 0.1) is 4.92 Å². The van der Waals surface area contributed by atoms with E-state index in [0.717, 1.165) is 0 Å². The molecule has 6 heteroatoms. The molecule has 2 aromatic carbocycles. The number of hydrogen-bond donors (Lipinski definition) is 0. The number of allylic oxidation sites excluding steroid dienone is 1. The molecule has 0 atom stereocenters. The minimum atomic E-state index is -0.462. The largest absolute Gasteiger partial charge is 0.289 e. The van der Waals surface area contributed by atoms with Crippen molar-refractivity contribution in [1.29, 1.82) is 0 Å². The molecule has 0 amide bonds. The first-order valence-electron chi connectivity index (χ1n) is 5.69. The van der Waals surface area contributed by atoms with Crippen LogP contribution in [0.2, 0.25) is 0 Å². The molecule has 0 saturated heterocycles. The van der Waals surface area contributed by atoms with Crippen molar-refractivity contribution in [2.75, 3.05) is 0 Å². The van der Waals surface area contributed by atoms with Crippen LogP contribution in [0.25, 0.3) is 6.08 Å². The molecule has 2 rings (SSSR count). The summed E-state index contributed by atoms with van der Waals surface area (Å²) in [7, 11) is 0. The molecule has 4 nitrogen and oxygen atoms in total. The van der Waals surface area contributed by atoms with E-state index in [1.165, 1.54) is 18.2 Å². The normalized spacial score (nSPS) is 9.52. The summed E-state index contributed by atoms with van der Waals surface area (Å²) in [6.45, 7) is 0. The van der Waals surface area contributed by atoms with Gasteiger partial charge < -0.3 is 0 Å². The van der Waals surface area contributed by atoms with Gasteiger partial charge >= 0.3 is 0 Å². The fourth-order valence-corrected chi connectivity index (χ4v) is 1.61. The maximum absolute atomic E-state index is 11.8. The highest BCUT2D eigenvalue weighted by Gasteiger charge is 2.04. The third-order valence-electron chi connectivity index (χ3n) is 2.57. The zero-order chi connectivity index (χ0) is 13.7. The topological polar surface area (TPSA) is 60.2 Å². The molecule has 21 heavy (non-hydrogen) atoms.